The third-order valence-corrected chi connectivity index (χ3v) is 8.54. The predicted molar refractivity (Wildman–Crippen MR) is 113 cm³/mol. The van der Waals surface area contributed by atoms with Crippen LogP contribution in [0.15, 0.2) is 12.1 Å². The Balaban J connectivity index is 2.22. The van der Waals surface area contributed by atoms with Gasteiger partial charge in [0, 0.05) is 16.5 Å². The number of rotatable bonds is 2. The van der Waals surface area contributed by atoms with Gasteiger partial charge in [0.2, 0.25) is 11.5 Å². The van der Waals surface area contributed by atoms with Gasteiger partial charge in [-0.05, 0) is 59.3 Å². The molecule has 0 fully saturated rings. The lowest BCUT2D eigenvalue weighted by atomic mass is 9.63. The molecule has 0 aromatic heterocycles. The van der Waals surface area contributed by atoms with Crippen LogP contribution in [0.4, 0.5) is 0 Å². The lowest BCUT2D eigenvalue weighted by molar-refractivity contribution is 0.211. The molecule has 4 atom stereocenters. The summed E-state index contributed by atoms with van der Waals surface area (Å²) in [5, 5.41) is 63.4. The summed E-state index contributed by atoms with van der Waals surface area (Å²) in [5.41, 5.74) is 0.592. The van der Waals surface area contributed by atoms with Crippen LogP contribution in [-0.2, 0) is 16.2 Å². The predicted octanol–water partition coefficient (Wildman–Crippen LogP) is 4.60. The average molecular weight is 414 g/mol. The number of aromatic hydroxyl groups is 6. The first-order valence-corrected chi connectivity index (χ1v) is 10.5. The minimum atomic E-state index is -0.912. The maximum absolute atomic E-state index is 11.1. The Morgan fingerprint density at radius 3 is 1.70 bits per heavy atom. The standard InChI is InChI=1S/C24H30O6/c1-6-22(4)10-24(16-12(22)8-14(25)18(27)20(16)29)11(3)23(5,7-2)13-9-15(26)19(28)21(30)17(13)24/h8-9,11,25-30H,6-7,10H2,1-5H3. The zero-order valence-electron chi connectivity index (χ0n) is 18.0. The molecule has 6 N–H and O–H groups in total. The summed E-state index contributed by atoms with van der Waals surface area (Å²) >= 11 is 0. The number of benzene rings is 2. The van der Waals surface area contributed by atoms with E-state index in [0.29, 0.717) is 30.4 Å². The molecule has 30 heavy (non-hydrogen) atoms. The van der Waals surface area contributed by atoms with E-state index in [9.17, 15) is 30.6 Å². The molecular weight excluding hydrogens is 384 g/mol. The molecule has 0 aliphatic heterocycles. The molecule has 0 amide bonds. The quantitative estimate of drug-likeness (QED) is 0.400. The fraction of sp³-hybridized carbons (Fsp3) is 0.500. The lowest BCUT2D eigenvalue weighted by Crippen LogP contribution is -2.38. The molecule has 6 heteroatoms. The van der Waals surface area contributed by atoms with Crippen molar-refractivity contribution >= 4 is 0 Å². The maximum atomic E-state index is 11.1. The highest BCUT2D eigenvalue weighted by Gasteiger charge is 2.64. The van der Waals surface area contributed by atoms with Crippen LogP contribution in [0.2, 0.25) is 0 Å². The minimum absolute atomic E-state index is 0.140. The van der Waals surface area contributed by atoms with Crippen LogP contribution < -0.4 is 0 Å². The topological polar surface area (TPSA) is 121 Å². The van der Waals surface area contributed by atoms with Crippen molar-refractivity contribution in [1.82, 2.24) is 0 Å². The molecule has 2 aromatic rings. The first kappa shape index (κ1) is 20.5. The highest BCUT2D eigenvalue weighted by molar-refractivity contribution is 5.74. The number of fused-ring (bicyclic) bond motifs is 4. The molecule has 0 saturated heterocycles. The monoisotopic (exact) mass is 414 g/mol. The molecule has 0 bridgehead atoms. The van der Waals surface area contributed by atoms with Gasteiger partial charge < -0.3 is 30.6 Å². The highest BCUT2D eigenvalue weighted by Crippen LogP contribution is 2.72. The van der Waals surface area contributed by atoms with E-state index in [1.165, 1.54) is 12.1 Å². The molecule has 4 unspecified atom stereocenters. The number of hydrogen-bond acceptors (Lipinski definition) is 6. The summed E-state index contributed by atoms with van der Waals surface area (Å²) in [7, 11) is 0. The second-order valence-electron chi connectivity index (χ2n) is 9.59. The van der Waals surface area contributed by atoms with Gasteiger partial charge >= 0.3 is 0 Å². The van der Waals surface area contributed by atoms with E-state index in [2.05, 4.69) is 6.92 Å². The SMILES string of the molecule is CCC1(C)CC2(c3c1cc(O)c(O)c3O)c1c(cc(O)c(O)c1O)C(C)(CC)C2C. The molecule has 1 spiro atoms. The van der Waals surface area contributed by atoms with E-state index < -0.39 is 39.2 Å². The van der Waals surface area contributed by atoms with Crippen LogP contribution in [0.5, 0.6) is 34.5 Å². The molecule has 0 radical (unpaired) electrons. The van der Waals surface area contributed by atoms with Crippen LogP contribution in [0.1, 0.15) is 76.1 Å². The first-order chi connectivity index (χ1) is 13.9. The smallest absolute Gasteiger partial charge is 0.200 e. The fourth-order valence-electron chi connectivity index (χ4n) is 6.31. The second-order valence-corrected chi connectivity index (χ2v) is 9.59. The Bertz CT molecular complexity index is 1050. The van der Waals surface area contributed by atoms with Gasteiger partial charge in [-0.15, -0.1) is 0 Å². The highest BCUT2D eigenvalue weighted by atomic mass is 16.3. The van der Waals surface area contributed by atoms with Crippen LogP contribution in [0.3, 0.4) is 0 Å². The zero-order valence-corrected chi connectivity index (χ0v) is 18.0. The van der Waals surface area contributed by atoms with Crippen LogP contribution in [0, 0.1) is 5.92 Å². The summed E-state index contributed by atoms with van der Waals surface area (Å²) in [4.78, 5) is 0. The van der Waals surface area contributed by atoms with E-state index in [-0.39, 0.29) is 17.4 Å². The zero-order chi connectivity index (χ0) is 22.4. The van der Waals surface area contributed by atoms with E-state index in [4.69, 9.17) is 0 Å². The van der Waals surface area contributed by atoms with E-state index in [0.717, 1.165) is 11.1 Å². The third-order valence-electron chi connectivity index (χ3n) is 8.54. The third kappa shape index (κ3) is 2.04. The van der Waals surface area contributed by atoms with Crippen molar-refractivity contribution in [2.45, 2.75) is 70.1 Å². The van der Waals surface area contributed by atoms with Gasteiger partial charge in [0.15, 0.2) is 23.0 Å². The van der Waals surface area contributed by atoms with Gasteiger partial charge in [-0.1, -0.05) is 34.6 Å². The van der Waals surface area contributed by atoms with Gasteiger partial charge in [-0.2, -0.15) is 0 Å². The first-order valence-electron chi connectivity index (χ1n) is 10.5. The van der Waals surface area contributed by atoms with Crippen molar-refractivity contribution in [3.8, 4) is 34.5 Å². The van der Waals surface area contributed by atoms with E-state index in [1.807, 2.05) is 27.7 Å². The Labute approximate surface area is 176 Å². The van der Waals surface area contributed by atoms with Crippen LogP contribution in [-0.4, -0.2) is 30.6 Å². The van der Waals surface area contributed by atoms with Gasteiger partial charge in [0.25, 0.3) is 0 Å². The Hall–Kier alpha value is -2.76. The minimum Gasteiger partial charge on any atom is -0.504 e. The Morgan fingerprint density at radius 2 is 1.23 bits per heavy atom. The van der Waals surface area contributed by atoms with Crippen molar-refractivity contribution in [2.75, 3.05) is 0 Å². The molecule has 0 saturated carbocycles. The Morgan fingerprint density at radius 1 is 0.767 bits per heavy atom. The summed E-state index contributed by atoms with van der Waals surface area (Å²) in [6.45, 7) is 10.2. The molecule has 2 aliphatic carbocycles. The normalized spacial score (nSPS) is 31.8. The van der Waals surface area contributed by atoms with E-state index in [1.54, 1.807) is 0 Å². The molecule has 4 rings (SSSR count). The van der Waals surface area contributed by atoms with Crippen molar-refractivity contribution < 1.29 is 30.6 Å². The van der Waals surface area contributed by atoms with Crippen LogP contribution >= 0.6 is 0 Å². The van der Waals surface area contributed by atoms with Crippen LogP contribution in [0.25, 0.3) is 0 Å². The largest absolute Gasteiger partial charge is 0.504 e. The van der Waals surface area contributed by atoms with Crippen molar-refractivity contribution in [2.24, 2.45) is 5.92 Å². The molecule has 6 nitrogen and oxygen atoms in total. The molecule has 162 valence electrons. The maximum Gasteiger partial charge on any atom is 0.200 e. The molecule has 2 aliphatic rings. The van der Waals surface area contributed by atoms with Crippen molar-refractivity contribution in [3.05, 3.63) is 34.4 Å². The summed E-state index contributed by atoms with van der Waals surface area (Å²) < 4.78 is 0. The Kier molecular flexibility index (Phi) is 4.03. The molecule has 0 heterocycles. The number of phenolic OH excluding ortho intramolecular Hbond substituents is 6. The fourth-order valence-corrected chi connectivity index (χ4v) is 6.31. The van der Waals surface area contributed by atoms with E-state index >= 15 is 0 Å². The lowest BCUT2D eigenvalue weighted by Gasteiger charge is -2.39. The van der Waals surface area contributed by atoms with Gasteiger partial charge in [-0.3, -0.25) is 0 Å². The number of phenols is 6. The molecular formula is C24H30O6. The van der Waals surface area contributed by atoms with Gasteiger partial charge in [0.05, 0.1) is 0 Å². The van der Waals surface area contributed by atoms with Gasteiger partial charge in [-0.25, -0.2) is 0 Å². The average Bonchev–Trinajstić information content (AvgIpc) is 3.07. The molecule has 2 aromatic carbocycles. The van der Waals surface area contributed by atoms with Crippen molar-refractivity contribution in [3.63, 3.8) is 0 Å². The number of hydrogen-bond donors (Lipinski definition) is 6. The summed E-state index contributed by atoms with van der Waals surface area (Å²) in [5.74, 6) is -2.88. The van der Waals surface area contributed by atoms with Crippen molar-refractivity contribution in [1.29, 1.82) is 0 Å². The van der Waals surface area contributed by atoms with Gasteiger partial charge in [0.1, 0.15) is 0 Å². The summed E-state index contributed by atoms with van der Waals surface area (Å²) in [6.07, 6.45) is 1.93. The second kappa shape index (κ2) is 5.90. The summed E-state index contributed by atoms with van der Waals surface area (Å²) in [6, 6.07) is 3.02.